The molecule has 1 unspecified atom stereocenters. The number of fused-ring (bicyclic) bond motifs is 2. The molecule has 1 saturated carbocycles. The molecule has 0 amide bonds. The second-order valence-corrected chi connectivity index (χ2v) is 9.39. The van der Waals surface area contributed by atoms with Crippen LogP contribution in [0.25, 0.3) is 0 Å². The van der Waals surface area contributed by atoms with E-state index in [4.69, 9.17) is 18.9 Å². The lowest BCUT2D eigenvalue weighted by Gasteiger charge is -2.56. The van der Waals surface area contributed by atoms with Crippen LogP contribution in [0.1, 0.15) is 26.7 Å². The molecule has 2 heterocycles. The van der Waals surface area contributed by atoms with Crippen LogP contribution in [-0.4, -0.2) is 66.6 Å². The lowest BCUT2D eigenvalue weighted by Crippen LogP contribution is -2.63. The summed E-state index contributed by atoms with van der Waals surface area (Å²) in [6.45, 7) is 7.64. The van der Waals surface area contributed by atoms with E-state index in [1.54, 1.807) is 19.1 Å². The Labute approximate surface area is 181 Å². The molecule has 4 aliphatic rings. The molecule has 2 aliphatic carbocycles. The van der Waals surface area contributed by atoms with Crippen LogP contribution in [0.3, 0.4) is 0 Å². The first-order chi connectivity index (χ1) is 14.5. The number of hydrogen-bond donors (Lipinski definition) is 2. The summed E-state index contributed by atoms with van der Waals surface area (Å²) in [5, 5.41) is 22.3. The first-order valence-electron chi connectivity index (χ1n) is 10.4. The van der Waals surface area contributed by atoms with Gasteiger partial charge in [0.1, 0.15) is 5.60 Å². The van der Waals surface area contributed by atoms with Crippen molar-refractivity contribution in [1.29, 1.82) is 0 Å². The highest BCUT2D eigenvalue weighted by molar-refractivity contribution is 5.92. The molecular formula is C23H30O8. The van der Waals surface area contributed by atoms with Crippen molar-refractivity contribution in [3.63, 3.8) is 0 Å². The molecule has 2 fully saturated rings. The van der Waals surface area contributed by atoms with Gasteiger partial charge in [0.25, 0.3) is 0 Å². The second-order valence-electron chi connectivity index (χ2n) is 9.39. The molecule has 2 aliphatic heterocycles. The van der Waals surface area contributed by atoms with Gasteiger partial charge in [-0.15, -0.1) is 0 Å². The first kappa shape index (κ1) is 22.2. The van der Waals surface area contributed by atoms with Crippen molar-refractivity contribution in [1.82, 2.24) is 0 Å². The highest BCUT2D eigenvalue weighted by Crippen LogP contribution is 2.66. The number of carbonyl (C=O) groups excluding carboxylic acids is 2. The van der Waals surface area contributed by atoms with Crippen molar-refractivity contribution >= 4 is 11.9 Å². The Morgan fingerprint density at radius 1 is 1.19 bits per heavy atom. The molecule has 8 atom stereocenters. The van der Waals surface area contributed by atoms with Gasteiger partial charge < -0.3 is 29.2 Å². The van der Waals surface area contributed by atoms with Gasteiger partial charge in [0.15, 0.2) is 0 Å². The minimum atomic E-state index is -1.38. The van der Waals surface area contributed by atoms with E-state index in [1.165, 1.54) is 21.3 Å². The lowest BCUT2D eigenvalue weighted by molar-refractivity contribution is -0.300. The van der Waals surface area contributed by atoms with Gasteiger partial charge in [0, 0.05) is 43.3 Å². The highest BCUT2D eigenvalue weighted by atomic mass is 16.7. The molecule has 31 heavy (non-hydrogen) atoms. The van der Waals surface area contributed by atoms with E-state index in [-0.39, 0.29) is 17.9 Å². The van der Waals surface area contributed by atoms with Crippen molar-refractivity contribution in [3.05, 3.63) is 35.5 Å². The first-order valence-corrected chi connectivity index (χ1v) is 10.4. The van der Waals surface area contributed by atoms with Crippen LogP contribution < -0.4 is 0 Å². The van der Waals surface area contributed by atoms with Gasteiger partial charge >= 0.3 is 11.9 Å². The standard InChI is InChI=1S/C23H30O8/c1-11(2)13-8-23(30-6)15(20(26)29-5)9-22(31-23)14(13)7-12(19(25)28-4)17-16(24)10-21(3,27)18(17)22/h7,9,13-14,16-18,24,27H,1,8,10H2,2-6H3/t13-,14+,16+,17?,18-,21-,22+,23+/m0/s1. The van der Waals surface area contributed by atoms with E-state index < -0.39 is 52.8 Å². The zero-order valence-electron chi connectivity index (χ0n) is 18.5. The summed E-state index contributed by atoms with van der Waals surface area (Å²) in [6, 6.07) is 0. The molecule has 2 N–H and O–H groups in total. The van der Waals surface area contributed by atoms with Gasteiger partial charge in [0.2, 0.25) is 5.79 Å². The molecular weight excluding hydrogens is 404 g/mol. The maximum atomic E-state index is 12.7. The molecule has 170 valence electrons. The number of aliphatic hydroxyl groups excluding tert-OH is 1. The Kier molecular flexibility index (Phi) is 5.01. The second kappa shape index (κ2) is 7.00. The van der Waals surface area contributed by atoms with Crippen molar-refractivity contribution in [2.24, 2.45) is 23.7 Å². The van der Waals surface area contributed by atoms with E-state index in [9.17, 15) is 19.8 Å². The number of esters is 2. The van der Waals surface area contributed by atoms with Crippen molar-refractivity contribution < 1.29 is 38.7 Å². The van der Waals surface area contributed by atoms with Gasteiger partial charge in [-0.1, -0.05) is 18.2 Å². The van der Waals surface area contributed by atoms with Crippen LogP contribution in [0.4, 0.5) is 0 Å². The van der Waals surface area contributed by atoms with Crippen LogP contribution >= 0.6 is 0 Å². The van der Waals surface area contributed by atoms with Gasteiger partial charge in [-0.2, -0.15) is 0 Å². The third-order valence-electron chi connectivity index (χ3n) is 7.62. The summed E-state index contributed by atoms with van der Waals surface area (Å²) < 4.78 is 22.4. The van der Waals surface area contributed by atoms with Crippen LogP contribution in [0.15, 0.2) is 35.5 Å². The molecule has 0 aromatic rings. The molecule has 8 nitrogen and oxygen atoms in total. The lowest BCUT2D eigenvalue weighted by atomic mass is 9.57. The average Bonchev–Trinajstić information content (AvgIpc) is 3.14. The Balaban J connectivity index is 2.02. The molecule has 1 saturated heterocycles. The molecule has 4 rings (SSSR count). The fourth-order valence-corrected chi connectivity index (χ4v) is 6.47. The van der Waals surface area contributed by atoms with Crippen LogP contribution in [0, 0.1) is 23.7 Å². The van der Waals surface area contributed by atoms with Crippen molar-refractivity contribution in [2.75, 3.05) is 21.3 Å². The average molecular weight is 434 g/mol. The predicted molar refractivity (Wildman–Crippen MR) is 108 cm³/mol. The summed E-state index contributed by atoms with van der Waals surface area (Å²) in [5.74, 6) is -4.62. The van der Waals surface area contributed by atoms with Gasteiger partial charge in [-0.3, -0.25) is 0 Å². The Morgan fingerprint density at radius 2 is 1.84 bits per heavy atom. The smallest absolute Gasteiger partial charge is 0.339 e. The number of aliphatic hydroxyl groups is 2. The summed E-state index contributed by atoms with van der Waals surface area (Å²) in [5.41, 5.74) is -1.22. The van der Waals surface area contributed by atoms with E-state index in [1.807, 2.05) is 6.92 Å². The monoisotopic (exact) mass is 434 g/mol. The van der Waals surface area contributed by atoms with E-state index in [0.29, 0.717) is 12.0 Å². The summed E-state index contributed by atoms with van der Waals surface area (Å²) in [7, 11) is 4.04. The number of carbonyl (C=O) groups is 2. The highest BCUT2D eigenvalue weighted by Gasteiger charge is 2.73. The van der Waals surface area contributed by atoms with Crippen LogP contribution in [0.5, 0.6) is 0 Å². The third-order valence-corrected chi connectivity index (χ3v) is 7.62. The third kappa shape index (κ3) is 2.81. The van der Waals surface area contributed by atoms with Crippen molar-refractivity contribution in [3.8, 4) is 0 Å². The number of ether oxygens (including phenoxy) is 4. The largest absolute Gasteiger partial charge is 0.466 e. The molecule has 2 bridgehead atoms. The van der Waals surface area contributed by atoms with E-state index in [0.717, 1.165) is 5.57 Å². The summed E-state index contributed by atoms with van der Waals surface area (Å²) in [6.07, 6.45) is 2.81. The molecule has 0 aromatic heterocycles. The van der Waals surface area contributed by atoms with E-state index in [2.05, 4.69) is 6.58 Å². The maximum absolute atomic E-state index is 12.7. The van der Waals surface area contributed by atoms with Crippen molar-refractivity contribution in [2.45, 2.75) is 49.8 Å². The number of methoxy groups -OCH3 is 3. The normalized spacial score (nSPS) is 45.2. The van der Waals surface area contributed by atoms with Gasteiger partial charge in [0.05, 0.1) is 31.5 Å². The van der Waals surface area contributed by atoms with Crippen LogP contribution in [0.2, 0.25) is 0 Å². The molecule has 0 radical (unpaired) electrons. The number of hydrogen-bond acceptors (Lipinski definition) is 8. The maximum Gasteiger partial charge on any atom is 0.339 e. The summed E-state index contributed by atoms with van der Waals surface area (Å²) in [4.78, 5) is 25.4. The minimum Gasteiger partial charge on any atom is -0.466 e. The predicted octanol–water partition coefficient (Wildman–Crippen LogP) is 1.27. The topological polar surface area (TPSA) is 112 Å². The fraction of sp³-hybridized carbons (Fsp3) is 0.652. The molecule has 1 spiro atoms. The minimum absolute atomic E-state index is 0.0492. The Bertz CT molecular complexity index is 901. The molecule has 0 aromatic carbocycles. The number of allylic oxidation sites excluding steroid dienone is 1. The molecule has 8 heteroatoms. The summed E-state index contributed by atoms with van der Waals surface area (Å²) >= 11 is 0. The number of rotatable bonds is 4. The zero-order valence-corrected chi connectivity index (χ0v) is 18.5. The Morgan fingerprint density at radius 3 is 2.39 bits per heavy atom. The Hall–Kier alpha value is -2.00. The fourth-order valence-electron chi connectivity index (χ4n) is 6.47. The zero-order chi connectivity index (χ0) is 22.9. The quantitative estimate of drug-likeness (QED) is 0.503. The van der Waals surface area contributed by atoms with Crippen LogP contribution in [-0.2, 0) is 28.5 Å². The SMILES string of the molecule is C=C(C)[C@@H]1C[C@@]2(OC)O[C@]3(C=C2C(=O)OC)[C@@H]1C=C(C(=O)OC)C1[C@H](O)C[C@](C)(O)[C@H]13. The van der Waals surface area contributed by atoms with Gasteiger partial charge in [-0.25, -0.2) is 9.59 Å². The van der Waals surface area contributed by atoms with E-state index >= 15 is 0 Å². The van der Waals surface area contributed by atoms with Gasteiger partial charge in [-0.05, 0) is 25.8 Å².